The number of piperazine rings is 1. The average molecular weight is 336 g/mol. The maximum atomic E-state index is 11.9. The number of nitrogens with zero attached hydrogens (tertiary/aromatic N) is 2. The number of carbonyl (C=O) groups is 2. The highest BCUT2D eigenvalue weighted by Crippen LogP contribution is 2.02. The second-order valence-electron chi connectivity index (χ2n) is 6.29. The van der Waals surface area contributed by atoms with Crippen LogP contribution >= 0.6 is 0 Å². The van der Waals surface area contributed by atoms with Crippen molar-refractivity contribution < 1.29 is 14.0 Å². The van der Waals surface area contributed by atoms with Crippen LogP contribution in [-0.4, -0.2) is 66.9 Å². The van der Waals surface area contributed by atoms with Gasteiger partial charge < -0.3 is 15.1 Å². The van der Waals surface area contributed by atoms with E-state index in [2.05, 4.69) is 27.4 Å². The van der Waals surface area contributed by atoms with Crippen LogP contribution in [0.5, 0.6) is 0 Å². The molecule has 7 nitrogen and oxygen atoms in total. The normalized spacial score (nSPS) is 17.4. The SMILES string of the molecule is CC[C@@H](C)NC(=O)CN1CCN(CC(=O)NCc2ccco2)CC1. The number of hydrogen-bond acceptors (Lipinski definition) is 5. The maximum Gasteiger partial charge on any atom is 0.234 e. The Bertz CT molecular complexity index is 510. The first-order valence-electron chi connectivity index (χ1n) is 8.60. The minimum Gasteiger partial charge on any atom is -0.467 e. The number of rotatable bonds is 8. The van der Waals surface area contributed by atoms with E-state index in [9.17, 15) is 9.59 Å². The van der Waals surface area contributed by atoms with Crippen molar-refractivity contribution in [2.24, 2.45) is 0 Å². The fourth-order valence-corrected chi connectivity index (χ4v) is 2.59. The number of nitrogens with one attached hydrogen (secondary N) is 2. The van der Waals surface area contributed by atoms with Crippen molar-refractivity contribution in [1.29, 1.82) is 0 Å². The monoisotopic (exact) mass is 336 g/mol. The zero-order chi connectivity index (χ0) is 17.4. The standard InChI is InChI=1S/C17H28N4O3/c1-3-14(2)19-17(23)13-21-8-6-20(7-9-21)12-16(22)18-11-15-5-4-10-24-15/h4-5,10,14H,3,6-9,11-13H2,1-2H3,(H,18,22)(H,19,23)/t14-/m1/s1. The summed E-state index contributed by atoms with van der Waals surface area (Å²) in [5, 5.41) is 5.83. The number of amides is 2. The molecular weight excluding hydrogens is 308 g/mol. The first kappa shape index (κ1) is 18.5. The molecule has 0 unspecified atom stereocenters. The topological polar surface area (TPSA) is 77.8 Å². The Morgan fingerprint density at radius 3 is 2.33 bits per heavy atom. The number of furan rings is 1. The molecule has 1 aliphatic heterocycles. The summed E-state index contributed by atoms with van der Waals surface area (Å²) in [4.78, 5) is 28.1. The molecule has 2 rings (SSSR count). The van der Waals surface area contributed by atoms with Gasteiger partial charge in [0.05, 0.1) is 25.9 Å². The van der Waals surface area contributed by atoms with Gasteiger partial charge in [0.15, 0.2) is 0 Å². The van der Waals surface area contributed by atoms with E-state index in [4.69, 9.17) is 4.42 Å². The van der Waals surface area contributed by atoms with Crippen LogP contribution in [0, 0.1) is 0 Å². The molecule has 2 N–H and O–H groups in total. The Hall–Kier alpha value is -1.86. The van der Waals surface area contributed by atoms with Crippen molar-refractivity contribution in [1.82, 2.24) is 20.4 Å². The Balaban J connectivity index is 1.61. The van der Waals surface area contributed by atoms with Gasteiger partial charge in [0.1, 0.15) is 5.76 Å². The summed E-state index contributed by atoms with van der Waals surface area (Å²) in [5.41, 5.74) is 0. The summed E-state index contributed by atoms with van der Waals surface area (Å²) in [6.07, 6.45) is 2.53. The molecule has 7 heteroatoms. The fraction of sp³-hybridized carbons (Fsp3) is 0.647. The molecule has 134 valence electrons. The van der Waals surface area contributed by atoms with Crippen LogP contribution in [0.1, 0.15) is 26.0 Å². The molecule has 1 aromatic rings. The molecule has 1 aromatic heterocycles. The van der Waals surface area contributed by atoms with Crippen LogP contribution in [-0.2, 0) is 16.1 Å². The molecule has 0 bridgehead atoms. The predicted octanol–water partition coefficient (Wildman–Crippen LogP) is 0.428. The molecular formula is C17H28N4O3. The molecule has 1 aliphatic rings. The number of carbonyl (C=O) groups excluding carboxylic acids is 2. The smallest absolute Gasteiger partial charge is 0.234 e. The van der Waals surface area contributed by atoms with Gasteiger partial charge in [0.2, 0.25) is 11.8 Å². The van der Waals surface area contributed by atoms with E-state index < -0.39 is 0 Å². The van der Waals surface area contributed by atoms with Crippen LogP contribution in [0.2, 0.25) is 0 Å². The second kappa shape index (κ2) is 9.44. The lowest BCUT2D eigenvalue weighted by Gasteiger charge is -2.34. The summed E-state index contributed by atoms with van der Waals surface area (Å²) in [7, 11) is 0. The zero-order valence-corrected chi connectivity index (χ0v) is 14.6. The van der Waals surface area contributed by atoms with Crippen molar-refractivity contribution >= 4 is 11.8 Å². The predicted molar refractivity (Wildman–Crippen MR) is 91.3 cm³/mol. The van der Waals surface area contributed by atoms with Gasteiger partial charge in [-0.05, 0) is 25.5 Å². The zero-order valence-electron chi connectivity index (χ0n) is 14.6. The Labute approximate surface area is 143 Å². The van der Waals surface area contributed by atoms with Crippen molar-refractivity contribution in [3.05, 3.63) is 24.2 Å². The van der Waals surface area contributed by atoms with E-state index in [1.54, 1.807) is 12.3 Å². The van der Waals surface area contributed by atoms with Crippen LogP contribution in [0.4, 0.5) is 0 Å². The molecule has 1 fully saturated rings. The van der Waals surface area contributed by atoms with Gasteiger partial charge in [-0.2, -0.15) is 0 Å². The van der Waals surface area contributed by atoms with Crippen molar-refractivity contribution in [2.75, 3.05) is 39.3 Å². The third-order valence-corrected chi connectivity index (χ3v) is 4.26. The van der Waals surface area contributed by atoms with Gasteiger partial charge in [-0.1, -0.05) is 6.92 Å². The average Bonchev–Trinajstić information content (AvgIpc) is 3.08. The van der Waals surface area contributed by atoms with E-state index in [-0.39, 0.29) is 17.9 Å². The van der Waals surface area contributed by atoms with E-state index in [1.165, 1.54) is 0 Å². The maximum absolute atomic E-state index is 11.9. The van der Waals surface area contributed by atoms with Gasteiger partial charge in [0.25, 0.3) is 0 Å². The van der Waals surface area contributed by atoms with Gasteiger partial charge >= 0.3 is 0 Å². The highest BCUT2D eigenvalue weighted by Gasteiger charge is 2.20. The van der Waals surface area contributed by atoms with Crippen LogP contribution in [0.25, 0.3) is 0 Å². The van der Waals surface area contributed by atoms with Crippen LogP contribution < -0.4 is 10.6 Å². The van der Waals surface area contributed by atoms with Crippen LogP contribution in [0.15, 0.2) is 22.8 Å². The summed E-state index contributed by atoms with van der Waals surface area (Å²) in [5.74, 6) is 0.823. The lowest BCUT2D eigenvalue weighted by atomic mass is 10.2. The second-order valence-corrected chi connectivity index (χ2v) is 6.29. The molecule has 2 heterocycles. The van der Waals surface area contributed by atoms with Crippen LogP contribution in [0.3, 0.4) is 0 Å². The van der Waals surface area contributed by atoms with E-state index in [0.717, 1.165) is 38.4 Å². The first-order valence-corrected chi connectivity index (χ1v) is 8.60. The van der Waals surface area contributed by atoms with Crippen molar-refractivity contribution in [2.45, 2.75) is 32.9 Å². The summed E-state index contributed by atoms with van der Waals surface area (Å²) < 4.78 is 5.19. The van der Waals surface area contributed by atoms with Gasteiger partial charge in [-0.15, -0.1) is 0 Å². The molecule has 0 spiro atoms. The fourth-order valence-electron chi connectivity index (χ4n) is 2.59. The van der Waals surface area contributed by atoms with Gasteiger partial charge in [-0.25, -0.2) is 0 Å². The third-order valence-electron chi connectivity index (χ3n) is 4.26. The Morgan fingerprint density at radius 1 is 1.17 bits per heavy atom. The molecule has 0 saturated carbocycles. The van der Waals surface area contributed by atoms with Crippen molar-refractivity contribution in [3.8, 4) is 0 Å². The molecule has 24 heavy (non-hydrogen) atoms. The molecule has 0 radical (unpaired) electrons. The van der Waals surface area contributed by atoms with Crippen molar-refractivity contribution in [3.63, 3.8) is 0 Å². The lowest BCUT2D eigenvalue weighted by molar-refractivity contribution is -0.125. The minimum absolute atomic E-state index is 0.00522. The summed E-state index contributed by atoms with van der Waals surface area (Å²) >= 11 is 0. The summed E-state index contributed by atoms with van der Waals surface area (Å²) in [6.45, 7) is 8.50. The quantitative estimate of drug-likeness (QED) is 0.720. The third kappa shape index (κ3) is 6.33. The highest BCUT2D eigenvalue weighted by atomic mass is 16.3. The molecule has 1 saturated heterocycles. The van der Waals surface area contributed by atoms with E-state index >= 15 is 0 Å². The molecule has 2 amide bonds. The van der Waals surface area contributed by atoms with Gasteiger partial charge in [0, 0.05) is 32.2 Å². The Kier molecular flexibility index (Phi) is 7.27. The first-order chi connectivity index (χ1) is 11.6. The van der Waals surface area contributed by atoms with E-state index in [1.807, 2.05) is 13.0 Å². The van der Waals surface area contributed by atoms with E-state index in [0.29, 0.717) is 19.6 Å². The van der Waals surface area contributed by atoms with Gasteiger partial charge in [-0.3, -0.25) is 19.4 Å². The Morgan fingerprint density at radius 2 is 1.79 bits per heavy atom. The minimum atomic E-state index is -0.00522. The molecule has 0 aliphatic carbocycles. The summed E-state index contributed by atoms with van der Waals surface area (Å²) in [6, 6.07) is 3.86. The number of hydrogen-bond donors (Lipinski definition) is 2. The molecule has 0 aromatic carbocycles. The lowest BCUT2D eigenvalue weighted by Crippen LogP contribution is -2.52. The molecule has 1 atom stereocenters. The highest BCUT2D eigenvalue weighted by molar-refractivity contribution is 5.78. The largest absolute Gasteiger partial charge is 0.467 e.